The quantitative estimate of drug-likeness (QED) is 0.0504. The number of hydrogen-bond donors (Lipinski definition) is 1. The third-order valence-corrected chi connectivity index (χ3v) is 8.67. The Morgan fingerprint density at radius 3 is 2.90 bits per heavy atom. The van der Waals surface area contributed by atoms with E-state index in [2.05, 4.69) is 20.1 Å². The van der Waals surface area contributed by atoms with Crippen LogP contribution in [0, 0.1) is 0 Å². The number of alkyl halides is 1. The van der Waals surface area contributed by atoms with E-state index in [0.717, 1.165) is 26.5 Å². The van der Waals surface area contributed by atoms with Crippen molar-refractivity contribution in [3.05, 3.63) is 40.1 Å². The Bertz CT molecular complexity index is 1520. The van der Waals surface area contributed by atoms with Gasteiger partial charge in [-0.3, -0.25) is 9.79 Å². The Kier molecular flexibility index (Phi) is 9.23. The van der Waals surface area contributed by atoms with E-state index in [1.807, 2.05) is 30.1 Å². The molecule has 1 fully saturated rings. The average molecular weight is 600 g/mol. The smallest absolute Gasteiger partial charge is 0.857 e. The van der Waals surface area contributed by atoms with Gasteiger partial charge in [0.2, 0.25) is 0 Å². The number of nitrogens with two attached hydrogens (primary N) is 1. The molecule has 1 saturated heterocycles. The van der Waals surface area contributed by atoms with E-state index in [1.165, 1.54) is 28.5 Å². The van der Waals surface area contributed by atoms with Gasteiger partial charge in [-0.15, -0.1) is 22.7 Å². The fourth-order valence-corrected chi connectivity index (χ4v) is 6.91. The van der Waals surface area contributed by atoms with Gasteiger partial charge in [-0.25, -0.2) is 18.9 Å². The molecule has 0 saturated carbocycles. The van der Waals surface area contributed by atoms with E-state index in [-0.39, 0.29) is 58.4 Å². The number of β-lactam (4-membered cyclic amide) rings is 1. The minimum atomic E-state index is -1.50. The predicted octanol–water partition coefficient (Wildman–Crippen LogP) is -3.26. The number of aliphatic carboxylic acids is 1. The molecule has 3 aromatic heterocycles. The summed E-state index contributed by atoms with van der Waals surface area (Å²) in [5.41, 5.74) is 5.91. The average Bonchev–Trinajstić information content (AvgIpc) is 3.49. The molecule has 3 aromatic rings. The maximum absolute atomic E-state index is 13.0. The number of aliphatic imine (C=N–C) groups is 1. The largest absolute Gasteiger partial charge is 1.00 e. The molecule has 5 heterocycles. The van der Waals surface area contributed by atoms with Gasteiger partial charge in [0.05, 0.1) is 22.4 Å². The fourth-order valence-electron chi connectivity index (χ4n) is 4.11. The van der Waals surface area contributed by atoms with Crippen molar-refractivity contribution >= 4 is 73.3 Å². The number of carboxylic acid groups (broad SMARTS) is 1. The number of thiazole rings is 2. The molecule has 2 aliphatic heterocycles. The van der Waals surface area contributed by atoms with Crippen molar-refractivity contribution in [2.75, 3.05) is 19.0 Å². The van der Waals surface area contributed by atoms with Crippen molar-refractivity contribution in [2.24, 2.45) is 17.2 Å². The van der Waals surface area contributed by atoms with Crippen molar-refractivity contribution in [2.45, 2.75) is 29.3 Å². The van der Waals surface area contributed by atoms with E-state index in [4.69, 9.17) is 10.6 Å². The van der Waals surface area contributed by atoms with Gasteiger partial charge in [-0.1, -0.05) is 16.9 Å². The zero-order chi connectivity index (χ0) is 27.0. The van der Waals surface area contributed by atoms with Crippen LogP contribution in [-0.2, 0) is 21.5 Å². The van der Waals surface area contributed by atoms with Gasteiger partial charge in [0.25, 0.3) is 5.91 Å². The van der Waals surface area contributed by atoms with E-state index in [0.29, 0.717) is 22.1 Å². The minimum Gasteiger partial charge on any atom is -0.857 e. The number of aromatic nitrogens is 3. The number of amides is 1. The molecule has 0 aromatic carbocycles. The first-order valence-electron chi connectivity index (χ1n) is 11.2. The van der Waals surface area contributed by atoms with Crippen LogP contribution in [0.15, 0.2) is 48.9 Å². The number of anilines is 1. The second-order valence-electron chi connectivity index (χ2n) is 8.23. The van der Waals surface area contributed by atoms with Crippen LogP contribution in [0.3, 0.4) is 0 Å². The first-order valence-corrected chi connectivity index (χ1v) is 13.7. The molecular weight excluding hydrogens is 580 g/mol. The van der Waals surface area contributed by atoms with E-state index >= 15 is 0 Å². The molecule has 2 aliphatic rings. The Hall–Kier alpha value is -2.63. The van der Waals surface area contributed by atoms with Gasteiger partial charge >= 0.3 is 29.6 Å². The predicted molar refractivity (Wildman–Crippen MR) is 135 cm³/mol. The third kappa shape index (κ3) is 5.95. The number of fused-ring (bicyclic) bond motifs is 2. The molecule has 1 amide bonds. The number of carbonyl (C=O) groups is 2. The van der Waals surface area contributed by atoms with Gasteiger partial charge in [0, 0.05) is 22.2 Å². The van der Waals surface area contributed by atoms with Crippen molar-refractivity contribution in [3.63, 3.8) is 0 Å². The Balaban J connectivity index is 0.00000353. The molecule has 17 heteroatoms. The monoisotopic (exact) mass is 599 g/mol. The zero-order valence-electron chi connectivity index (χ0n) is 20.7. The summed E-state index contributed by atoms with van der Waals surface area (Å²) < 4.78 is 15.9. The topological polar surface area (TPSA) is 173 Å². The Labute approximate surface area is 255 Å². The molecule has 0 spiro atoms. The van der Waals surface area contributed by atoms with Gasteiger partial charge < -0.3 is 30.5 Å². The standard InChI is InChI=1S/C22H20FN7O5S3.Na/c1-29-6-4-13-10(8-29)26-22(37-13)38-14-3-2-12-16(19(32)30(12)17(14)20(33)34)27-18(31)15(28-35-7-5-23)11-9-36-21(24)25-11;/h4,6,8-9,12,16H,2-3,5,7H2,1H3,(H3-,24,25,27,31,33,34);/q;+1/p-1/b28-15+;/t12-,16+;/m1./s1. The number of nitrogens with zero attached hydrogens (tertiary/aromatic N) is 6. The maximum atomic E-state index is 13.0. The molecule has 39 heavy (non-hydrogen) atoms. The van der Waals surface area contributed by atoms with E-state index in [9.17, 15) is 24.2 Å². The van der Waals surface area contributed by atoms with Crippen LogP contribution in [0.2, 0.25) is 0 Å². The summed E-state index contributed by atoms with van der Waals surface area (Å²) in [5, 5.41) is 30.3. The Morgan fingerprint density at radius 1 is 1.41 bits per heavy atom. The summed E-state index contributed by atoms with van der Waals surface area (Å²) in [4.78, 5) is 44.0. The number of halogens is 1. The number of allylic oxidation sites excluding steroid dienone is 1. The number of aryl methyl sites for hydroxylation is 1. The number of carboxylic acids is 1. The van der Waals surface area contributed by atoms with Gasteiger partial charge in [0.15, 0.2) is 21.9 Å². The summed E-state index contributed by atoms with van der Waals surface area (Å²) >= 11 is 3.66. The fraction of sp³-hybridized carbons (Fsp3) is 0.318. The van der Waals surface area contributed by atoms with E-state index < -0.39 is 36.5 Å². The molecule has 0 radical (unpaired) electrons. The van der Waals surface area contributed by atoms with Crippen LogP contribution in [-0.4, -0.2) is 63.7 Å². The molecule has 0 bridgehead atoms. The third-order valence-electron chi connectivity index (χ3n) is 5.76. The Morgan fingerprint density at radius 2 is 2.21 bits per heavy atom. The summed E-state index contributed by atoms with van der Waals surface area (Å²) in [6.07, 6.45) is 4.46. The molecule has 5 rings (SSSR count). The van der Waals surface area contributed by atoms with Gasteiger partial charge in [-0.2, -0.15) is 0 Å². The zero-order valence-corrected chi connectivity index (χ0v) is 25.1. The molecule has 0 unspecified atom stereocenters. The van der Waals surface area contributed by atoms with Crippen LogP contribution in [0.5, 0.6) is 0 Å². The number of pyridine rings is 1. The molecular formula is C22H19FN7NaO5S3. The van der Waals surface area contributed by atoms with Crippen molar-refractivity contribution in [3.8, 4) is 0 Å². The van der Waals surface area contributed by atoms with Crippen LogP contribution in [0.4, 0.5) is 9.52 Å². The van der Waals surface area contributed by atoms with E-state index in [1.54, 1.807) is 0 Å². The van der Waals surface area contributed by atoms with Gasteiger partial charge in [-0.05, 0) is 12.8 Å². The van der Waals surface area contributed by atoms with Crippen LogP contribution < -0.4 is 50.1 Å². The summed E-state index contributed by atoms with van der Waals surface area (Å²) in [5.74, 6) is -3.06. The maximum Gasteiger partial charge on any atom is 1.00 e. The summed E-state index contributed by atoms with van der Waals surface area (Å²) in [6.45, 7) is -1.21. The van der Waals surface area contributed by atoms with Crippen molar-refractivity contribution in [1.82, 2.24) is 14.9 Å². The number of rotatable bonds is 9. The molecule has 2 atom stereocenters. The number of thioether (sulfide) groups is 1. The first-order chi connectivity index (χ1) is 18.3. The summed E-state index contributed by atoms with van der Waals surface area (Å²) in [7, 11) is 1.88. The van der Waals surface area contributed by atoms with Gasteiger partial charge in [0.1, 0.15) is 43.3 Å². The SMILES string of the molecule is C[n+]1ccc2sc(SC3=C(C(=O)[O-])N4C(=O)[C@@H](N=C([O-])/C(=N/OCCF)c5csc(N)n5)[C@H]4CC3)nc2c1.[Na+]. The van der Waals surface area contributed by atoms with Crippen molar-refractivity contribution in [1.29, 1.82) is 0 Å². The van der Waals surface area contributed by atoms with Crippen LogP contribution in [0.1, 0.15) is 18.5 Å². The molecule has 12 nitrogen and oxygen atoms in total. The minimum absolute atomic E-state index is 0. The second-order valence-corrected chi connectivity index (χ2v) is 11.5. The first kappa shape index (κ1) is 29.4. The normalized spacial score (nSPS) is 19.5. The molecule has 198 valence electrons. The number of nitrogen functional groups attached to an aromatic ring is 1. The number of carbonyl (C=O) groups excluding carboxylic acids is 2. The number of hydrogen-bond acceptors (Lipinski definition) is 13. The second kappa shape index (κ2) is 12.3. The molecule has 2 N–H and O–H groups in total. The molecule has 0 aliphatic carbocycles. The summed E-state index contributed by atoms with van der Waals surface area (Å²) in [6, 6.07) is 0.157. The van der Waals surface area contributed by atoms with Crippen LogP contribution >= 0.6 is 34.4 Å². The van der Waals surface area contributed by atoms with Crippen molar-refractivity contribution < 1.29 is 63.2 Å². The number of oxime groups is 1. The van der Waals surface area contributed by atoms with Crippen LogP contribution in [0.25, 0.3) is 10.2 Å².